The summed E-state index contributed by atoms with van der Waals surface area (Å²) in [5.74, 6) is 0.0826. The van der Waals surface area contributed by atoms with Gasteiger partial charge in [0.1, 0.15) is 6.54 Å². The fraction of sp³-hybridized carbons (Fsp3) is 0.286. The third kappa shape index (κ3) is 2.01. The maximum absolute atomic E-state index is 12.3. The number of aryl methyl sites for hydroxylation is 1. The average molecular weight is 240 g/mol. The second kappa shape index (κ2) is 4.64. The summed E-state index contributed by atoms with van der Waals surface area (Å²) >= 11 is 0. The van der Waals surface area contributed by atoms with Crippen LogP contribution in [0.3, 0.4) is 0 Å². The molecule has 2 aromatic rings. The summed E-state index contributed by atoms with van der Waals surface area (Å²) in [7, 11) is 0. The number of benzene rings is 1. The summed E-state index contributed by atoms with van der Waals surface area (Å²) in [5.41, 5.74) is 2.30. The van der Waals surface area contributed by atoms with Gasteiger partial charge >= 0.3 is 0 Å². The van der Waals surface area contributed by atoms with E-state index in [2.05, 4.69) is 17.2 Å². The topological polar surface area (TPSA) is 38.1 Å². The molecule has 1 aromatic heterocycles. The Bertz CT molecular complexity index is 548. The fourth-order valence-electron chi connectivity index (χ4n) is 2.36. The van der Waals surface area contributed by atoms with E-state index < -0.39 is 0 Å². The summed E-state index contributed by atoms with van der Waals surface area (Å²) in [6.07, 6.45) is 5.33. The van der Waals surface area contributed by atoms with Gasteiger partial charge in [-0.3, -0.25) is 9.48 Å². The number of carbonyl (C=O) groups excluding carboxylic acids is 1. The number of hydrogen-bond acceptors (Lipinski definition) is 2. The van der Waals surface area contributed by atoms with Crippen LogP contribution in [-0.2, 0) is 17.8 Å². The molecule has 1 amide bonds. The molecule has 0 fully saturated rings. The second-order valence-corrected chi connectivity index (χ2v) is 4.42. The molecule has 1 radical (unpaired) electrons. The average Bonchev–Trinajstić information content (AvgIpc) is 2.91. The monoisotopic (exact) mass is 240 g/mol. The van der Waals surface area contributed by atoms with Gasteiger partial charge in [0.05, 0.1) is 6.20 Å². The number of rotatable bonds is 2. The van der Waals surface area contributed by atoms with Gasteiger partial charge in [-0.15, -0.1) is 0 Å². The smallest absolute Gasteiger partial charge is 0.248 e. The van der Waals surface area contributed by atoms with Crippen molar-refractivity contribution in [3.63, 3.8) is 0 Å². The van der Waals surface area contributed by atoms with Crippen LogP contribution in [0.5, 0.6) is 0 Å². The highest BCUT2D eigenvalue weighted by Gasteiger charge is 2.22. The molecule has 1 aromatic carbocycles. The Labute approximate surface area is 106 Å². The van der Waals surface area contributed by atoms with Gasteiger partial charge < -0.3 is 4.90 Å². The Hall–Kier alpha value is -2.10. The SMILES string of the molecule is O=C(Cn1c[c]cn1)N1CCCc2ccccc21. The lowest BCUT2D eigenvalue weighted by Crippen LogP contribution is -2.37. The van der Waals surface area contributed by atoms with E-state index in [1.807, 2.05) is 23.1 Å². The Morgan fingerprint density at radius 3 is 3.11 bits per heavy atom. The highest BCUT2D eigenvalue weighted by atomic mass is 16.2. The van der Waals surface area contributed by atoms with Crippen LogP contribution in [0.2, 0.25) is 0 Å². The molecule has 4 nitrogen and oxygen atoms in total. The molecular formula is C14H14N3O. The molecule has 0 N–H and O–H groups in total. The van der Waals surface area contributed by atoms with Gasteiger partial charge in [0.15, 0.2) is 0 Å². The van der Waals surface area contributed by atoms with E-state index in [0.717, 1.165) is 25.1 Å². The Balaban J connectivity index is 1.83. The van der Waals surface area contributed by atoms with Crippen molar-refractivity contribution < 1.29 is 4.79 Å². The van der Waals surface area contributed by atoms with Crippen molar-refractivity contribution in [1.82, 2.24) is 9.78 Å². The molecule has 0 atom stereocenters. The Morgan fingerprint density at radius 2 is 2.28 bits per heavy atom. The third-order valence-corrected chi connectivity index (χ3v) is 3.21. The molecule has 0 saturated carbocycles. The first-order valence-corrected chi connectivity index (χ1v) is 6.11. The minimum absolute atomic E-state index is 0.0826. The molecule has 0 saturated heterocycles. The lowest BCUT2D eigenvalue weighted by atomic mass is 10.0. The van der Waals surface area contributed by atoms with E-state index in [-0.39, 0.29) is 12.5 Å². The van der Waals surface area contributed by atoms with Gasteiger partial charge in [-0.1, -0.05) is 18.2 Å². The number of nitrogens with zero attached hydrogens (tertiary/aromatic N) is 3. The zero-order valence-corrected chi connectivity index (χ0v) is 10.0. The zero-order valence-electron chi connectivity index (χ0n) is 10.0. The molecule has 3 rings (SSSR count). The minimum atomic E-state index is 0.0826. The normalized spacial score (nSPS) is 14.3. The van der Waals surface area contributed by atoms with Gasteiger partial charge in [0, 0.05) is 24.5 Å². The van der Waals surface area contributed by atoms with Gasteiger partial charge in [0.25, 0.3) is 0 Å². The lowest BCUT2D eigenvalue weighted by Gasteiger charge is -2.29. The minimum Gasteiger partial charge on any atom is -0.311 e. The van der Waals surface area contributed by atoms with Crippen LogP contribution < -0.4 is 4.90 Å². The van der Waals surface area contributed by atoms with Crippen molar-refractivity contribution in [1.29, 1.82) is 0 Å². The molecule has 2 heterocycles. The summed E-state index contributed by atoms with van der Waals surface area (Å²) in [6, 6.07) is 10.9. The number of amides is 1. The maximum atomic E-state index is 12.3. The number of carbonyl (C=O) groups is 1. The van der Waals surface area contributed by atoms with E-state index in [0.29, 0.717) is 0 Å². The van der Waals surface area contributed by atoms with Crippen molar-refractivity contribution in [3.05, 3.63) is 48.3 Å². The van der Waals surface area contributed by atoms with Crippen molar-refractivity contribution in [2.75, 3.05) is 11.4 Å². The Kier molecular flexibility index (Phi) is 2.84. The first-order chi connectivity index (χ1) is 8.84. The van der Waals surface area contributed by atoms with Gasteiger partial charge in [-0.25, -0.2) is 0 Å². The van der Waals surface area contributed by atoms with Crippen molar-refractivity contribution in [2.45, 2.75) is 19.4 Å². The highest BCUT2D eigenvalue weighted by Crippen LogP contribution is 2.26. The van der Waals surface area contributed by atoms with Crippen LogP contribution >= 0.6 is 0 Å². The van der Waals surface area contributed by atoms with Crippen LogP contribution in [-0.4, -0.2) is 22.2 Å². The quantitative estimate of drug-likeness (QED) is 0.800. The van der Waals surface area contributed by atoms with E-state index in [4.69, 9.17) is 0 Å². The summed E-state index contributed by atoms with van der Waals surface area (Å²) in [4.78, 5) is 14.1. The molecule has 1 aliphatic rings. The van der Waals surface area contributed by atoms with Crippen LogP contribution in [0, 0.1) is 6.07 Å². The number of hydrogen-bond donors (Lipinski definition) is 0. The molecule has 18 heavy (non-hydrogen) atoms. The standard InChI is InChI=1S/C14H14N3O/c18-14(11-16-9-4-8-15-16)17-10-3-6-12-5-1-2-7-13(12)17/h1-2,5,7-9H,3,6,10-11H2. The lowest BCUT2D eigenvalue weighted by molar-refractivity contribution is -0.119. The number of aromatic nitrogens is 2. The molecule has 0 unspecified atom stereocenters. The number of fused-ring (bicyclic) bond motifs is 1. The summed E-state index contributed by atoms with van der Waals surface area (Å²) < 4.78 is 1.61. The van der Waals surface area contributed by atoms with Crippen LogP contribution in [0.4, 0.5) is 5.69 Å². The van der Waals surface area contributed by atoms with Crippen LogP contribution in [0.15, 0.2) is 36.7 Å². The van der Waals surface area contributed by atoms with Crippen molar-refractivity contribution >= 4 is 11.6 Å². The predicted molar refractivity (Wildman–Crippen MR) is 68.2 cm³/mol. The third-order valence-electron chi connectivity index (χ3n) is 3.21. The van der Waals surface area contributed by atoms with E-state index >= 15 is 0 Å². The molecule has 0 spiro atoms. The maximum Gasteiger partial charge on any atom is 0.248 e. The highest BCUT2D eigenvalue weighted by molar-refractivity contribution is 5.94. The van der Waals surface area contributed by atoms with E-state index in [9.17, 15) is 4.79 Å². The molecule has 1 aliphatic heterocycles. The van der Waals surface area contributed by atoms with E-state index in [1.165, 1.54) is 5.56 Å². The number of para-hydroxylation sites is 1. The van der Waals surface area contributed by atoms with Gasteiger partial charge in [-0.2, -0.15) is 5.10 Å². The zero-order chi connectivity index (χ0) is 12.4. The largest absolute Gasteiger partial charge is 0.311 e. The van der Waals surface area contributed by atoms with Crippen molar-refractivity contribution in [3.8, 4) is 0 Å². The molecule has 4 heteroatoms. The molecule has 91 valence electrons. The van der Waals surface area contributed by atoms with E-state index in [1.54, 1.807) is 17.1 Å². The van der Waals surface area contributed by atoms with Crippen LogP contribution in [0.25, 0.3) is 0 Å². The summed E-state index contributed by atoms with van der Waals surface area (Å²) in [6.45, 7) is 1.07. The van der Waals surface area contributed by atoms with Gasteiger partial charge in [-0.05, 0) is 24.5 Å². The van der Waals surface area contributed by atoms with Crippen LogP contribution in [0.1, 0.15) is 12.0 Å². The first-order valence-electron chi connectivity index (χ1n) is 6.11. The molecule has 0 aliphatic carbocycles. The number of anilines is 1. The molecule has 0 bridgehead atoms. The summed E-state index contributed by atoms with van der Waals surface area (Å²) in [5, 5.41) is 4.02. The Morgan fingerprint density at radius 1 is 1.39 bits per heavy atom. The first kappa shape index (κ1) is 11.0. The fourth-order valence-corrected chi connectivity index (χ4v) is 2.36. The van der Waals surface area contributed by atoms with Gasteiger partial charge in [0.2, 0.25) is 5.91 Å². The van der Waals surface area contributed by atoms with Crippen molar-refractivity contribution in [2.24, 2.45) is 0 Å². The predicted octanol–water partition coefficient (Wildman–Crippen LogP) is 1.66. The molecular weight excluding hydrogens is 226 g/mol. The second-order valence-electron chi connectivity index (χ2n) is 4.42.